The summed E-state index contributed by atoms with van der Waals surface area (Å²) in [5.74, 6) is 0.366. The van der Waals surface area contributed by atoms with Crippen LogP contribution in [0, 0.1) is 5.92 Å². The van der Waals surface area contributed by atoms with Crippen molar-refractivity contribution in [2.24, 2.45) is 10.9 Å². The third-order valence-corrected chi connectivity index (χ3v) is 7.55. The van der Waals surface area contributed by atoms with E-state index in [0.29, 0.717) is 42.7 Å². The number of nitrogens with one attached hydrogen (secondary N) is 2. The van der Waals surface area contributed by atoms with Crippen LogP contribution in [0.1, 0.15) is 35.1 Å². The van der Waals surface area contributed by atoms with E-state index in [1.807, 2.05) is 6.07 Å². The number of halogens is 1. The van der Waals surface area contributed by atoms with Gasteiger partial charge in [-0.05, 0) is 37.1 Å². The molecule has 2 aliphatic heterocycles. The lowest BCUT2D eigenvalue weighted by Gasteiger charge is -2.30. The summed E-state index contributed by atoms with van der Waals surface area (Å²) < 4.78 is 10.1. The van der Waals surface area contributed by atoms with Crippen LogP contribution in [-0.2, 0) is 9.53 Å². The van der Waals surface area contributed by atoms with Crippen molar-refractivity contribution in [2.45, 2.75) is 21.6 Å². The molecule has 2 atom stereocenters. The van der Waals surface area contributed by atoms with Crippen LogP contribution >= 0.6 is 34.4 Å². The number of H-pyrrole nitrogens is 1. The fourth-order valence-corrected chi connectivity index (χ4v) is 5.88. The van der Waals surface area contributed by atoms with Gasteiger partial charge in [0, 0.05) is 25.3 Å². The van der Waals surface area contributed by atoms with Gasteiger partial charge in [0.25, 0.3) is 5.91 Å². The predicted molar refractivity (Wildman–Crippen MR) is 110 cm³/mol. The standard InChI is InChI=1S/C18H18IN3O4S/c19-18(15(23)11-5-9-25-10-6-11)14(13-4-2-8-26-13)21-17(27-18)22-16(24)12-3-1-7-20-12/h1-4,7-8,11,14,20H,5-6,9-10H2,(H,21,22,24). The number of Topliss-reactive ketones (excluding diaryl/α,β-unsaturated/α-hetero) is 1. The fraction of sp³-hybridized carbons (Fsp3) is 0.389. The lowest BCUT2D eigenvalue weighted by molar-refractivity contribution is -0.125. The van der Waals surface area contributed by atoms with E-state index in [-0.39, 0.29) is 17.6 Å². The summed E-state index contributed by atoms with van der Waals surface area (Å²) in [5, 5.41) is 3.23. The number of aliphatic imine (C=N–C) groups is 1. The van der Waals surface area contributed by atoms with Gasteiger partial charge in [0.2, 0.25) is 0 Å². The molecule has 7 nitrogen and oxygen atoms in total. The Balaban J connectivity index is 1.59. The van der Waals surface area contributed by atoms with Gasteiger partial charge in [-0.15, -0.1) is 0 Å². The van der Waals surface area contributed by atoms with Crippen LogP contribution in [-0.4, -0.2) is 37.8 Å². The minimum absolute atomic E-state index is 0.0747. The monoisotopic (exact) mass is 499 g/mol. The normalized spacial score (nSPS) is 26.0. The quantitative estimate of drug-likeness (QED) is 0.497. The van der Waals surface area contributed by atoms with E-state index in [1.54, 1.807) is 30.7 Å². The zero-order valence-corrected chi connectivity index (χ0v) is 17.3. The number of aromatic amines is 1. The van der Waals surface area contributed by atoms with Crippen LogP contribution in [0.15, 0.2) is 46.1 Å². The average Bonchev–Trinajstić information content (AvgIpc) is 3.43. The van der Waals surface area contributed by atoms with Crippen molar-refractivity contribution in [2.75, 3.05) is 13.2 Å². The molecule has 2 unspecified atom stereocenters. The summed E-state index contributed by atoms with van der Waals surface area (Å²) in [7, 11) is 0. The van der Waals surface area contributed by atoms with Gasteiger partial charge >= 0.3 is 0 Å². The number of ketones is 1. The number of hydrogen-bond donors (Lipinski definition) is 2. The number of nitrogens with zero attached hydrogens (tertiary/aromatic N) is 1. The highest BCUT2D eigenvalue weighted by molar-refractivity contribution is 14.1. The summed E-state index contributed by atoms with van der Waals surface area (Å²) in [6, 6.07) is 6.54. The Kier molecular flexibility index (Phi) is 5.42. The van der Waals surface area contributed by atoms with Crippen molar-refractivity contribution in [3.63, 3.8) is 0 Å². The van der Waals surface area contributed by atoms with E-state index >= 15 is 0 Å². The van der Waals surface area contributed by atoms with E-state index in [4.69, 9.17) is 9.15 Å². The second-order valence-corrected chi connectivity index (χ2v) is 10.1. The molecule has 142 valence electrons. The molecule has 4 rings (SSSR count). The number of carbonyl (C=O) groups is 2. The first-order valence-corrected chi connectivity index (χ1v) is 10.5. The molecule has 9 heteroatoms. The van der Waals surface area contributed by atoms with Crippen LogP contribution in [0.3, 0.4) is 0 Å². The topological polar surface area (TPSA) is 96.7 Å². The zero-order chi connectivity index (χ0) is 18.9. The van der Waals surface area contributed by atoms with Gasteiger partial charge < -0.3 is 14.1 Å². The number of amidine groups is 1. The first kappa shape index (κ1) is 18.8. The molecular formula is C18H18IN3O4S. The van der Waals surface area contributed by atoms with Gasteiger partial charge in [-0.1, -0.05) is 34.4 Å². The lowest BCUT2D eigenvalue weighted by atomic mass is 9.90. The molecule has 1 fully saturated rings. The van der Waals surface area contributed by atoms with E-state index < -0.39 is 8.80 Å². The van der Waals surface area contributed by atoms with Crippen LogP contribution in [0.5, 0.6) is 0 Å². The molecule has 1 amide bonds. The first-order chi connectivity index (χ1) is 13.1. The molecule has 2 N–H and O–H groups in total. The molecule has 0 bridgehead atoms. The Bertz CT molecular complexity index is 846. The van der Waals surface area contributed by atoms with Gasteiger partial charge in [0.05, 0.1) is 6.26 Å². The van der Waals surface area contributed by atoms with Crippen molar-refractivity contribution in [1.29, 1.82) is 0 Å². The molecule has 2 aromatic heterocycles. The van der Waals surface area contributed by atoms with Crippen molar-refractivity contribution in [3.8, 4) is 0 Å². The molecule has 4 heterocycles. The minimum atomic E-state index is -0.865. The number of carbonyl (C=O) groups excluding carboxylic acids is 2. The Morgan fingerprint density at radius 1 is 1.30 bits per heavy atom. The maximum Gasteiger partial charge on any atom is 0.273 e. The minimum Gasteiger partial charge on any atom is -0.467 e. The maximum absolute atomic E-state index is 13.4. The molecule has 0 aliphatic carbocycles. The van der Waals surface area contributed by atoms with Gasteiger partial charge in [0.15, 0.2) is 13.7 Å². The summed E-state index contributed by atoms with van der Waals surface area (Å²) >= 11 is 3.46. The molecule has 0 radical (unpaired) electrons. The van der Waals surface area contributed by atoms with Crippen LogP contribution in [0.2, 0.25) is 0 Å². The van der Waals surface area contributed by atoms with Crippen LogP contribution < -0.4 is 5.32 Å². The highest BCUT2D eigenvalue weighted by atomic mass is 127. The van der Waals surface area contributed by atoms with E-state index in [9.17, 15) is 9.59 Å². The molecule has 27 heavy (non-hydrogen) atoms. The molecule has 1 saturated heterocycles. The van der Waals surface area contributed by atoms with Crippen molar-refractivity contribution < 1.29 is 18.7 Å². The summed E-state index contributed by atoms with van der Waals surface area (Å²) in [6.45, 7) is 1.19. The highest BCUT2D eigenvalue weighted by Crippen LogP contribution is 2.53. The Hall–Kier alpha value is -1.59. The van der Waals surface area contributed by atoms with Crippen molar-refractivity contribution in [3.05, 3.63) is 48.2 Å². The Labute approximate surface area is 173 Å². The second kappa shape index (κ2) is 7.80. The van der Waals surface area contributed by atoms with E-state index in [2.05, 4.69) is 37.9 Å². The number of aromatic nitrogens is 1. The van der Waals surface area contributed by atoms with Crippen LogP contribution in [0.4, 0.5) is 0 Å². The van der Waals surface area contributed by atoms with E-state index in [1.165, 1.54) is 11.8 Å². The van der Waals surface area contributed by atoms with Gasteiger partial charge in [-0.25, -0.2) is 4.99 Å². The predicted octanol–water partition coefficient (Wildman–Crippen LogP) is 3.31. The smallest absolute Gasteiger partial charge is 0.273 e. The third kappa shape index (κ3) is 3.72. The molecule has 0 spiro atoms. The average molecular weight is 499 g/mol. The molecule has 0 saturated carbocycles. The summed E-state index contributed by atoms with van der Waals surface area (Å²) in [5.41, 5.74) is 0.439. The number of amides is 1. The molecule has 2 aromatic rings. The molecule has 0 aromatic carbocycles. The highest BCUT2D eigenvalue weighted by Gasteiger charge is 2.53. The number of furan rings is 1. The second-order valence-electron chi connectivity index (χ2n) is 6.39. The summed E-state index contributed by atoms with van der Waals surface area (Å²) in [6.07, 6.45) is 4.67. The number of thioether (sulfide) groups is 1. The maximum atomic E-state index is 13.4. The number of ether oxygens (including phenoxy) is 1. The largest absolute Gasteiger partial charge is 0.467 e. The number of rotatable bonds is 4. The third-order valence-electron chi connectivity index (χ3n) is 4.65. The van der Waals surface area contributed by atoms with Crippen molar-refractivity contribution in [1.82, 2.24) is 10.3 Å². The van der Waals surface area contributed by atoms with Gasteiger partial charge in [-0.2, -0.15) is 0 Å². The van der Waals surface area contributed by atoms with Crippen molar-refractivity contribution >= 4 is 51.2 Å². The fourth-order valence-electron chi connectivity index (χ4n) is 3.23. The zero-order valence-electron chi connectivity index (χ0n) is 14.3. The van der Waals surface area contributed by atoms with Gasteiger partial charge in [-0.3, -0.25) is 14.9 Å². The first-order valence-electron chi connectivity index (χ1n) is 8.64. The SMILES string of the molecule is O=C(NC1=NC(c2ccco2)C(I)(C(=O)C2CCOCC2)S1)c1ccc[nH]1. The molecular weight excluding hydrogens is 481 g/mol. The number of hydrogen-bond acceptors (Lipinski definition) is 6. The molecule has 2 aliphatic rings. The van der Waals surface area contributed by atoms with Crippen LogP contribution in [0.25, 0.3) is 0 Å². The lowest BCUT2D eigenvalue weighted by Crippen LogP contribution is -2.40. The van der Waals surface area contributed by atoms with Gasteiger partial charge in [0.1, 0.15) is 17.5 Å². The van der Waals surface area contributed by atoms with E-state index in [0.717, 1.165) is 0 Å². The Morgan fingerprint density at radius 3 is 2.78 bits per heavy atom. The Morgan fingerprint density at radius 2 is 2.11 bits per heavy atom. The number of alkyl halides is 1. The summed E-state index contributed by atoms with van der Waals surface area (Å²) in [4.78, 5) is 33.2.